The van der Waals surface area contributed by atoms with Gasteiger partial charge in [-0.05, 0) is 107 Å². The Balaban J connectivity index is 1.37. The molecule has 1 amide bonds. The van der Waals surface area contributed by atoms with Gasteiger partial charge in [0.15, 0.2) is 0 Å². The number of hydrogen-bond acceptors (Lipinski definition) is 7. The Hall–Kier alpha value is -2.83. The third kappa shape index (κ3) is 4.23. The zero-order valence-corrected chi connectivity index (χ0v) is 28.3. The summed E-state index contributed by atoms with van der Waals surface area (Å²) in [6.07, 6.45) is 6.75. The zero-order chi connectivity index (χ0) is 32.7. The molecule has 0 aliphatic heterocycles. The minimum absolute atomic E-state index is 0.00852. The van der Waals surface area contributed by atoms with Gasteiger partial charge >= 0.3 is 5.97 Å². The average molecular weight is 618 g/mol. The van der Waals surface area contributed by atoms with Gasteiger partial charge in [0.05, 0.1) is 17.1 Å². The summed E-state index contributed by atoms with van der Waals surface area (Å²) < 4.78 is 6.43. The first-order chi connectivity index (χ1) is 21.1. The number of fused-ring (bicyclic) bond motifs is 2. The lowest BCUT2D eigenvalue weighted by molar-refractivity contribution is -0.166. The van der Waals surface area contributed by atoms with E-state index in [-0.39, 0.29) is 70.0 Å². The van der Waals surface area contributed by atoms with Crippen LogP contribution in [0.2, 0.25) is 0 Å². The van der Waals surface area contributed by atoms with Crippen LogP contribution in [0.4, 0.5) is 0 Å². The molecule has 8 nitrogen and oxygen atoms in total. The molecule has 45 heavy (non-hydrogen) atoms. The largest absolute Gasteiger partial charge is 0.458 e. The standard InChI is InChI=1S/C37H51N3O5/c1-22(2)31(43)39-28-16-17-36-20-37(36)26(14-15-27(36)35(28,6)38-21-41)33(4)18-25(45-32(44)24-12-10-9-11-13-24)30(23(3)40(7)8)34(33,5)19-29(37)42/h9-13,22-23,25-28,30H,14-20H2,1-8H3,(H,39,43)/t23-,25+,26-,27-,28-,30-,33-,34+,35-,36+,37+/m0/s1. The predicted molar refractivity (Wildman–Crippen MR) is 171 cm³/mol. The van der Waals surface area contributed by atoms with Crippen LogP contribution < -0.4 is 5.32 Å². The van der Waals surface area contributed by atoms with Gasteiger partial charge in [0.1, 0.15) is 11.9 Å². The van der Waals surface area contributed by atoms with E-state index in [4.69, 9.17) is 4.74 Å². The molecule has 5 saturated carbocycles. The number of ketones is 1. The summed E-state index contributed by atoms with van der Waals surface area (Å²) in [4.78, 5) is 59.7. The van der Waals surface area contributed by atoms with Gasteiger partial charge in [0, 0.05) is 29.7 Å². The summed E-state index contributed by atoms with van der Waals surface area (Å²) in [7, 11) is 4.13. The minimum Gasteiger partial charge on any atom is -0.458 e. The third-order valence-electron chi connectivity index (χ3n) is 14.2. The number of amides is 1. The van der Waals surface area contributed by atoms with E-state index in [9.17, 15) is 19.2 Å². The number of hydrogen-bond donors (Lipinski definition) is 1. The van der Waals surface area contributed by atoms with E-state index < -0.39 is 11.0 Å². The topological polar surface area (TPSA) is 105 Å². The Morgan fingerprint density at radius 2 is 1.69 bits per heavy atom. The fraction of sp³-hybridized carbons (Fsp3) is 0.730. The quantitative estimate of drug-likeness (QED) is 0.243. The van der Waals surface area contributed by atoms with Gasteiger partial charge in [-0.25, -0.2) is 9.59 Å². The van der Waals surface area contributed by atoms with Crippen molar-refractivity contribution in [1.82, 2.24) is 10.2 Å². The molecule has 0 saturated heterocycles. The van der Waals surface area contributed by atoms with Crippen LogP contribution in [0.1, 0.15) is 96.8 Å². The van der Waals surface area contributed by atoms with E-state index in [1.165, 1.54) is 0 Å². The van der Waals surface area contributed by atoms with Crippen LogP contribution in [0, 0.1) is 45.3 Å². The first kappa shape index (κ1) is 32.1. The Morgan fingerprint density at radius 3 is 2.31 bits per heavy atom. The summed E-state index contributed by atoms with van der Waals surface area (Å²) in [5.41, 5.74) is -1.56. The lowest BCUT2D eigenvalue weighted by Gasteiger charge is -2.62. The summed E-state index contributed by atoms with van der Waals surface area (Å²) in [5, 5.41) is 3.21. The second-order valence-electron chi connectivity index (χ2n) is 16.3. The molecule has 5 fully saturated rings. The molecule has 0 unspecified atom stereocenters. The molecule has 244 valence electrons. The summed E-state index contributed by atoms with van der Waals surface area (Å²) >= 11 is 0. The number of esters is 1. The van der Waals surface area contributed by atoms with Gasteiger partial charge in [0.2, 0.25) is 12.0 Å². The SMILES string of the molecule is CC(C)C(=O)N[C@H]1CC[C@]23C[C@@]24C(=O)C[C@]2(C)[C@@H]([C@H](C)N(C)C)[C@H](OC(=O)c5ccccc5)C[C@@]2(C)[C@@H]4CC[C@H]3[C@]1(C)N=C=O. The van der Waals surface area contributed by atoms with Gasteiger partial charge in [-0.1, -0.05) is 45.9 Å². The molecule has 5 aliphatic carbocycles. The first-order valence-electron chi connectivity index (χ1n) is 17.0. The van der Waals surface area contributed by atoms with Crippen molar-refractivity contribution in [3.63, 3.8) is 0 Å². The van der Waals surface area contributed by atoms with E-state index in [1.807, 2.05) is 45.1 Å². The van der Waals surface area contributed by atoms with Crippen molar-refractivity contribution in [2.24, 2.45) is 50.3 Å². The highest BCUT2D eigenvalue weighted by atomic mass is 16.5. The van der Waals surface area contributed by atoms with Crippen molar-refractivity contribution in [2.75, 3.05) is 14.1 Å². The van der Waals surface area contributed by atoms with Crippen LogP contribution in [-0.2, 0) is 19.1 Å². The Kier molecular flexibility index (Phi) is 7.57. The van der Waals surface area contributed by atoms with Crippen LogP contribution in [0.5, 0.6) is 0 Å². The number of Topliss-reactive ketones (excluding diaryl/α,β-unsaturated/α-hetero) is 1. The molecule has 0 bridgehead atoms. The van der Waals surface area contributed by atoms with E-state index >= 15 is 0 Å². The molecule has 0 radical (unpaired) electrons. The second-order valence-corrected chi connectivity index (χ2v) is 16.3. The van der Waals surface area contributed by atoms with Gasteiger partial charge < -0.3 is 15.0 Å². The summed E-state index contributed by atoms with van der Waals surface area (Å²) in [5.74, 6) is -0.0286. The van der Waals surface area contributed by atoms with Crippen LogP contribution in [-0.4, -0.2) is 66.5 Å². The fourth-order valence-electron chi connectivity index (χ4n) is 11.7. The second kappa shape index (κ2) is 10.6. The monoisotopic (exact) mass is 617 g/mol. The molecule has 1 aromatic carbocycles. The highest BCUT2D eigenvalue weighted by Gasteiger charge is 2.86. The molecular formula is C37H51N3O5. The molecule has 0 heterocycles. The molecular weight excluding hydrogens is 566 g/mol. The number of isocyanates is 1. The van der Waals surface area contributed by atoms with Crippen LogP contribution >= 0.6 is 0 Å². The van der Waals surface area contributed by atoms with Gasteiger partial charge in [-0.2, -0.15) is 4.99 Å². The maximum Gasteiger partial charge on any atom is 0.338 e. The van der Waals surface area contributed by atoms with Crippen LogP contribution in [0.15, 0.2) is 35.3 Å². The Morgan fingerprint density at radius 1 is 1.02 bits per heavy atom. The summed E-state index contributed by atoms with van der Waals surface area (Å²) in [6.45, 7) is 12.6. The number of aliphatic imine (C=N–C) groups is 1. The number of nitrogens with one attached hydrogen (secondary N) is 1. The summed E-state index contributed by atoms with van der Waals surface area (Å²) in [6, 6.07) is 9.02. The molecule has 11 atom stereocenters. The van der Waals surface area contributed by atoms with Crippen LogP contribution in [0.3, 0.4) is 0 Å². The zero-order valence-electron chi connectivity index (χ0n) is 28.3. The van der Waals surface area contributed by atoms with Crippen LogP contribution in [0.25, 0.3) is 0 Å². The van der Waals surface area contributed by atoms with Crippen molar-refractivity contribution in [2.45, 2.75) is 110 Å². The Labute approximate surface area is 268 Å². The smallest absolute Gasteiger partial charge is 0.338 e. The van der Waals surface area contributed by atoms with E-state index in [1.54, 1.807) is 12.1 Å². The molecule has 1 N–H and O–H groups in total. The van der Waals surface area contributed by atoms with E-state index in [0.29, 0.717) is 24.2 Å². The molecule has 6 rings (SSSR count). The van der Waals surface area contributed by atoms with Gasteiger partial charge in [-0.15, -0.1) is 0 Å². The molecule has 1 aromatic rings. The van der Waals surface area contributed by atoms with Gasteiger partial charge in [-0.3, -0.25) is 9.59 Å². The highest BCUT2D eigenvalue weighted by molar-refractivity contribution is 5.92. The Bertz CT molecular complexity index is 1440. The lowest BCUT2D eigenvalue weighted by Crippen LogP contribution is -2.65. The maximum atomic E-state index is 14.8. The average Bonchev–Trinajstić information content (AvgIpc) is 3.62. The maximum absolute atomic E-state index is 14.8. The number of rotatable bonds is 7. The fourth-order valence-corrected chi connectivity index (χ4v) is 11.7. The van der Waals surface area contributed by atoms with Crippen molar-refractivity contribution < 1.29 is 23.9 Å². The van der Waals surface area contributed by atoms with E-state index in [2.05, 4.69) is 50.1 Å². The van der Waals surface area contributed by atoms with Gasteiger partial charge in [0.25, 0.3) is 0 Å². The van der Waals surface area contributed by atoms with Crippen molar-refractivity contribution in [3.05, 3.63) is 35.9 Å². The van der Waals surface area contributed by atoms with Crippen molar-refractivity contribution in [3.8, 4) is 0 Å². The first-order valence-corrected chi connectivity index (χ1v) is 17.0. The molecule has 8 heteroatoms. The minimum atomic E-state index is -0.813. The molecule has 0 aromatic heterocycles. The number of nitrogens with zero attached hydrogens (tertiary/aromatic N) is 2. The van der Waals surface area contributed by atoms with E-state index in [0.717, 1.165) is 32.1 Å². The molecule has 2 spiro atoms. The van der Waals surface area contributed by atoms with Crippen molar-refractivity contribution in [1.29, 1.82) is 0 Å². The normalized spacial score (nSPS) is 43.7. The molecule has 5 aliphatic rings. The third-order valence-corrected chi connectivity index (χ3v) is 14.2. The van der Waals surface area contributed by atoms with Crippen molar-refractivity contribution >= 4 is 23.7 Å². The highest BCUT2D eigenvalue weighted by Crippen LogP contribution is 2.87. The number of ether oxygens (including phenoxy) is 1. The number of benzene rings is 1. The number of carbonyl (C=O) groups is 3. The number of carbonyl (C=O) groups excluding carboxylic acids is 4. The predicted octanol–water partition coefficient (Wildman–Crippen LogP) is 5.60. The lowest BCUT2D eigenvalue weighted by atomic mass is 9.42.